The topological polar surface area (TPSA) is 107 Å². The fourth-order valence-corrected chi connectivity index (χ4v) is 3.19. The summed E-state index contributed by atoms with van der Waals surface area (Å²) in [6.07, 6.45) is -0.651. The molecule has 0 radical (unpaired) electrons. The number of hydrogen-bond acceptors (Lipinski definition) is 4. The molecular formula is C17H19FN4O4. The first-order valence-corrected chi connectivity index (χ1v) is 8.31. The monoisotopic (exact) mass is 362 g/mol. The highest BCUT2D eigenvalue weighted by Crippen LogP contribution is 2.14. The number of aromatic amines is 1. The number of H-pyrrole nitrogens is 1. The van der Waals surface area contributed by atoms with Crippen LogP contribution >= 0.6 is 0 Å². The molecule has 2 heterocycles. The van der Waals surface area contributed by atoms with Crippen molar-refractivity contribution < 1.29 is 19.1 Å². The first-order valence-electron chi connectivity index (χ1n) is 8.31. The Bertz CT molecular complexity index is 913. The van der Waals surface area contributed by atoms with Gasteiger partial charge >= 0.3 is 6.09 Å². The van der Waals surface area contributed by atoms with E-state index in [1.54, 1.807) is 17.9 Å². The first-order chi connectivity index (χ1) is 12.4. The number of carbonyl (C=O) groups excluding carboxylic acids is 1. The summed E-state index contributed by atoms with van der Waals surface area (Å²) < 4.78 is 13.7. The molecule has 138 valence electrons. The van der Waals surface area contributed by atoms with E-state index in [2.05, 4.69) is 9.97 Å². The molecule has 3 rings (SSSR count). The number of carbonyl (C=O) groups is 2. The SMILES string of the molecule is C[C@H]1CN(C(=O)O)CCN1C(=O)CCc1nc2cccc(F)c2c(=O)[nH]1. The highest BCUT2D eigenvalue weighted by molar-refractivity contribution is 5.79. The van der Waals surface area contributed by atoms with Gasteiger partial charge in [0, 0.05) is 38.5 Å². The molecule has 2 amide bonds. The number of halogens is 1. The normalized spacial score (nSPS) is 17.5. The van der Waals surface area contributed by atoms with Gasteiger partial charge in [-0.1, -0.05) is 6.07 Å². The third-order valence-corrected chi connectivity index (χ3v) is 4.53. The number of benzene rings is 1. The molecule has 1 saturated heterocycles. The van der Waals surface area contributed by atoms with Gasteiger partial charge in [-0.05, 0) is 19.1 Å². The van der Waals surface area contributed by atoms with E-state index in [1.165, 1.54) is 17.0 Å². The van der Waals surface area contributed by atoms with E-state index in [9.17, 15) is 18.8 Å². The van der Waals surface area contributed by atoms with Crippen LogP contribution in [0.25, 0.3) is 10.9 Å². The van der Waals surface area contributed by atoms with Crippen LogP contribution in [0.5, 0.6) is 0 Å². The van der Waals surface area contributed by atoms with Gasteiger partial charge in [0.2, 0.25) is 5.91 Å². The fourth-order valence-electron chi connectivity index (χ4n) is 3.19. The Labute approximate surface area is 148 Å². The van der Waals surface area contributed by atoms with Crippen molar-refractivity contribution in [1.82, 2.24) is 19.8 Å². The third-order valence-electron chi connectivity index (χ3n) is 4.53. The summed E-state index contributed by atoms with van der Waals surface area (Å²) in [6, 6.07) is 4.00. The Morgan fingerprint density at radius 2 is 2.15 bits per heavy atom. The number of nitrogens with zero attached hydrogens (tertiary/aromatic N) is 3. The zero-order valence-electron chi connectivity index (χ0n) is 14.2. The first kappa shape index (κ1) is 17.8. The van der Waals surface area contributed by atoms with Crippen molar-refractivity contribution >= 4 is 22.9 Å². The van der Waals surface area contributed by atoms with Gasteiger partial charge in [-0.25, -0.2) is 14.2 Å². The number of aryl methyl sites for hydroxylation is 1. The maximum atomic E-state index is 13.7. The molecule has 1 atom stereocenters. The zero-order valence-corrected chi connectivity index (χ0v) is 14.2. The summed E-state index contributed by atoms with van der Waals surface area (Å²) in [5.74, 6) is -0.452. The van der Waals surface area contributed by atoms with Gasteiger partial charge in [-0.2, -0.15) is 0 Å². The lowest BCUT2D eigenvalue weighted by molar-refractivity contribution is -0.135. The number of fused-ring (bicyclic) bond motifs is 1. The Balaban J connectivity index is 1.68. The number of nitrogens with one attached hydrogen (secondary N) is 1. The van der Waals surface area contributed by atoms with Crippen LogP contribution in [0.3, 0.4) is 0 Å². The van der Waals surface area contributed by atoms with Gasteiger partial charge < -0.3 is 19.9 Å². The molecule has 1 fully saturated rings. The largest absolute Gasteiger partial charge is 0.465 e. The summed E-state index contributed by atoms with van der Waals surface area (Å²) in [4.78, 5) is 45.1. The molecule has 1 aromatic carbocycles. The lowest BCUT2D eigenvalue weighted by Crippen LogP contribution is -2.55. The molecule has 26 heavy (non-hydrogen) atoms. The van der Waals surface area contributed by atoms with Crippen molar-refractivity contribution in [2.45, 2.75) is 25.8 Å². The van der Waals surface area contributed by atoms with Gasteiger partial charge in [0.1, 0.15) is 17.0 Å². The van der Waals surface area contributed by atoms with E-state index in [1.807, 2.05) is 0 Å². The Hall–Kier alpha value is -2.97. The Kier molecular flexibility index (Phi) is 4.88. The van der Waals surface area contributed by atoms with Crippen LogP contribution in [-0.2, 0) is 11.2 Å². The summed E-state index contributed by atoms with van der Waals surface area (Å²) in [5.41, 5.74) is -0.321. The molecule has 8 nitrogen and oxygen atoms in total. The summed E-state index contributed by atoms with van der Waals surface area (Å²) >= 11 is 0. The predicted molar refractivity (Wildman–Crippen MR) is 91.4 cm³/mol. The number of amides is 2. The van der Waals surface area contributed by atoms with Gasteiger partial charge in [0.15, 0.2) is 0 Å². The molecule has 1 aliphatic rings. The molecule has 0 unspecified atom stereocenters. The summed E-state index contributed by atoms with van der Waals surface area (Å²) in [7, 11) is 0. The van der Waals surface area contributed by atoms with Crippen LogP contribution < -0.4 is 5.56 Å². The smallest absolute Gasteiger partial charge is 0.407 e. The molecule has 9 heteroatoms. The minimum absolute atomic E-state index is 0.0963. The van der Waals surface area contributed by atoms with E-state index in [0.717, 1.165) is 0 Å². The van der Waals surface area contributed by atoms with Crippen LogP contribution in [-0.4, -0.2) is 62.6 Å². The predicted octanol–water partition coefficient (Wildman–Crippen LogP) is 1.21. The maximum absolute atomic E-state index is 13.7. The molecule has 2 aromatic rings. The van der Waals surface area contributed by atoms with Gasteiger partial charge in [0.25, 0.3) is 5.56 Å². The quantitative estimate of drug-likeness (QED) is 0.853. The summed E-state index contributed by atoms with van der Waals surface area (Å²) in [5, 5.41) is 8.92. The standard InChI is InChI=1S/C17H19FN4O4/c1-10-9-21(17(25)26)7-8-22(10)14(23)6-5-13-19-12-4-2-3-11(18)15(12)16(24)20-13/h2-4,10H,5-9H2,1H3,(H,25,26)(H,19,20,24)/t10-/m0/s1. The van der Waals surface area contributed by atoms with Crippen molar-refractivity contribution in [3.63, 3.8) is 0 Å². The van der Waals surface area contributed by atoms with Gasteiger partial charge in [-0.15, -0.1) is 0 Å². The van der Waals surface area contributed by atoms with Crippen molar-refractivity contribution in [1.29, 1.82) is 0 Å². The van der Waals surface area contributed by atoms with E-state index < -0.39 is 17.5 Å². The molecule has 0 spiro atoms. The van der Waals surface area contributed by atoms with Crippen LogP contribution in [0.2, 0.25) is 0 Å². The average molecular weight is 362 g/mol. The summed E-state index contributed by atoms with van der Waals surface area (Å²) in [6.45, 7) is 2.67. The van der Waals surface area contributed by atoms with Crippen molar-refractivity contribution in [2.75, 3.05) is 19.6 Å². The average Bonchev–Trinajstić information content (AvgIpc) is 2.59. The minimum atomic E-state index is -0.992. The highest BCUT2D eigenvalue weighted by atomic mass is 19.1. The Morgan fingerprint density at radius 3 is 2.85 bits per heavy atom. The second-order valence-corrected chi connectivity index (χ2v) is 6.31. The van der Waals surface area contributed by atoms with Crippen LogP contribution in [0.4, 0.5) is 9.18 Å². The van der Waals surface area contributed by atoms with Gasteiger partial charge in [-0.3, -0.25) is 9.59 Å². The number of piperazine rings is 1. The zero-order chi connectivity index (χ0) is 18.8. The maximum Gasteiger partial charge on any atom is 0.407 e. The van der Waals surface area contributed by atoms with Crippen molar-refractivity contribution in [2.24, 2.45) is 0 Å². The van der Waals surface area contributed by atoms with Crippen LogP contribution in [0.15, 0.2) is 23.0 Å². The van der Waals surface area contributed by atoms with Crippen molar-refractivity contribution in [3.8, 4) is 0 Å². The van der Waals surface area contributed by atoms with Gasteiger partial charge in [0.05, 0.1) is 5.52 Å². The van der Waals surface area contributed by atoms with E-state index in [0.29, 0.717) is 12.4 Å². The van der Waals surface area contributed by atoms with Crippen LogP contribution in [0, 0.1) is 5.82 Å². The molecule has 1 aliphatic heterocycles. The number of carboxylic acid groups (broad SMARTS) is 1. The van der Waals surface area contributed by atoms with E-state index >= 15 is 0 Å². The second-order valence-electron chi connectivity index (χ2n) is 6.31. The molecule has 2 N–H and O–H groups in total. The number of rotatable bonds is 3. The molecule has 0 bridgehead atoms. The van der Waals surface area contributed by atoms with Crippen molar-refractivity contribution in [3.05, 3.63) is 40.2 Å². The molecule has 0 saturated carbocycles. The highest BCUT2D eigenvalue weighted by Gasteiger charge is 2.29. The lowest BCUT2D eigenvalue weighted by atomic mass is 10.1. The van der Waals surface area contributed by atoms with E-state index in [-0.39, 0.29) is 48.8 Å². The lowest BCUT2D eigenvalue weighted by Gasteiger charge is -2.38. The molecular weight excluding hydrogens is 343 g/mol. The number of hydrogen-bond donors (Lipinski definition) is 2. The van der Waals surface area contributed by atoms with Crippen LogP contribution in [0.1, 0.15) is 19.2 Å². The van der Waals surface area contributed by atoms with E-state index in [4.69, 9.17) is 5.11 Å². The molecule has 1 aromatic heterocycles. The Morgan fingerprint density at radius 1 is 1.38 bits per heavy atom. The number of aromatic nitrogens is 2. The second kappa shape index (κ2) is 7.11. The molecule has 0 aliphatic carbocycles. The third kappa shape index (κ3) is 3.51. The fraction of sp³-hybridized carbons (Fsp3) is 0.412. The minimum Gasteiger partial charge on any atom is -0.465 e.